The molecule has 0 spiro atoms. The van der Waals surface area contributed by atoms with Crippen molar-refractivity contribution in [2.24, 2.45) is 11.8 Å². The zero-order valence-electron chi connectivity index (χ0n) is 12.0. The number of hydrogen-bond donors (Lipinski definition) is 2. The number of carboxylic acids is 1. The molecule has 6 heteroatoms. The highest BCUT2D eigenvalue weighted by Gasteiger charge is 2.37. The average molecular weight is 291 g/mol. The van der Waals surface area contributed by atoms with Crippen molar-refractivity contribution in [3.8, 4) is 0 Å². The highest BCUT2D eigenvalue weighted by molar-refractivity contribution is 5.81. The van der Waals surface area contributed by atoms with Gasteiger partial charge in [0.25, 0.3) is 0 Å². The molecule has 2 fully saturated rings. The van der Waals surface area contributed by atoms with E-state index in [1.807, 2.05) is 11.0 Å². The SMILES string of the molecule is O=C(O)[C@H]1CC[C@@H](C(=O)N2CCCC(c3ccn[nH]3)C2)C1. The molecule has 3 rings (SSSR count). The molecule has 114 valence electrons. The number of aliphatic carboxylic acids is 1. The average Bonchev–Trinajstić information content (AvgIpc) is 3.18. The lowest BCUT2D eigenvalue weighted by Crippen LogP contribution is -2.42. The minimum atomic E-state index is -0.765. The van der Waals surface area contributed by atoms with Gasteiger partial charge in [0.05, 0.1) is 5.92 Å². The summed E-state index contributed by atoms with van der Waals surface area (Å²) < 4.78 is 0. The summed E-state index contributed by atoms with van der Waals surface area (Å²) in [5, 5.41) is 16.0. The first-order valence-corrected chi connectivity index (χ1v) is 7.66. The number of aromatic nitrogens is 2. The highest BCUT2D eigenvalue weighted by atomic mass is 16.4. The summed E-state index contributed by atoms with van der Waals surface area (Å²) in [4.78, 5) is 25.5. The zero-order valence-corrected chi connectivity index (χ0v) is 12.0. The Morgan fingerprint density at radius 1 is 1.29 bits per heavy atom. The number of carbonyl (C=O) groups is 2. The van der Waals surface area contributed by atoms with Crippen LogP contribution < -0.4 is 0 Å². The Balaban J connectivity index is 1.61. The quantitative estimate of drug-likeness (QED) is 0.886. The van der Waals surface area contributed by atoms with Gasteiger partial charge in [0, 0.05) is 36.8 Å². The number of nitrogens with zero attached hydrogens (tertiary/aromatic N) is 2. The van der Waals surface area contributed by atoms with Gasteiger partial charge >= 0.3 is 5.97 Å². The summed E-state index contributed by atoms with van der Waals surface area (Å²) in [5.41, 5.74) is 1.09. The molecule has 1 aromatic heterocycles. The van der Waals surface area contributed by atoms with Crippen molar-refractivity contribution in [1.29, 1.82) is 0 Å². The lowest BCUT2D eigenvalue weighted by Gasteiger charge is -2.34. The van der Waals surface area contributed by atoms with Gasteiger partial charge in [-0.05, 0) is 38.2 Å². The van der Waals surface area contributed by atoms with Gasteiger partial charge < -0.3 is 10.0 Å². The van der Waals surface area contributed by atoms with Crippen LogP contribution in [0.1, 0.15) is 43.7 Å². The van der Waals surface area contributed by atoms with Crippen molar-refractivity contribution in [1.82, 2.24) is 15.1 Å². The normalized spacial score (nSPS) is 29.5. The molecule has 21 heavy (non-hydrogen) atoms. The molecular formula is C15H21N3O3. The fourth-order valence-corrected chi connectivity index (χ4v) is 3.61. The van der Waals surface area contributed by atoms with Gasteiger partial charge in [-0.3, -0.25) is 14.7 Å². The zero-order chi connectivity index (χ0) is 14.8. The van der Waals surface area contributed by atoms with Gasteiger partial charge in [-0.1, -0.05) is 0 Å². The van der Waals surface area contributed by atoms with E-state index in [0.29, 0.717) is 25.2 Å². The Labute approximate surface area is 123 Å². The first-order chi connectivity index (χ1) is 10.1. The van der Waals surface area contributed by atoms with Crippen LogP contribution in [0, 0.1) is 11.8 Å². The first kappa shape index (κ1) is 14.1. The van der Waals surface area contributed by atoms with E-state index >= 15 is 0 Å². The Kier molecular flexibility index (Phi) is 3.94. The number of hydrogen-bond acceptors (Lipinski definition) is 3. The van der Waals surface area contributed by atoms with Gasteiger partial charge in [0.2, 0.25) is 5.91 Å². The molecule has 0 radical (unpaired) electrons. The van der Waals surface area contributed by atoms with E-state index < -0.39 is 5.97 Å². The monoisotopic (exact) mass is 291 g/mol. The van der Waals surface area contributed by atoms with Crippen molar-refractivity contribution in [3.63, 3.8) is 0 Å². The number of piperidine rings is 1. The Morgan fingerprint density at radius 2 is 2.10 bits per heavy atom. The van der Waals surface area contributed by atoms with E-state index in [9.17, 15) is 9.59 Å². The van der Waals surface area contributed by atoms with Crippen LogP contribution in [0.4, 0.5) is 0 Å². The predicted octanol–water partition coefficient (Wildman–Crippen LogP) is 1.62. The first-order valence-electron chi connectivity index (χ1n) is 7.66. The number of amides is 1. The second kappa shape index (κ2) is 5.87. The standard InChI is InChI=1S/C15H21N3O3/c19-14(10-3-4-11(8-10)15(20)21)18-7-1-2-12(9-18)13-5-6-16-17-13/h5-6,10-12H,1-4,7-9H2,(H,16,17)(H,20,21)/t10-,11+,12?/m1/s1. The van der Waals surface area contributed by atoms with Crippen molar-refractivity contribution >= 4 is 11.9 Å². The van der Waals surface area contributed by atoms with Gasteiger partial charge in [-0.25, -0.2) is 0 Å². The molecular weight excluding hydrogens is 270 g/mol. The summed E-state index contributed by atoms with van der Waals surface area (Å²) in [7, 11) is 0. The molecule has 1 aliphatic heterocycles. The van der Waals surface area contributed by atoms with E-state index in [2.05, 4.69) is 10.2 Å². The summed E-state index contributed by atoms with van der Waals surface area (Å²) in [6, 6.07) is 1.97. The molecule has 1 amide bonds. The third kappa shape index (κ3) is 2.94. The third-order valence-corrected chi connectivity index (χ3v) is 4.83. The molecule has 1 saturated carbocycles. The predicted molar refractivity (Wildman–Crippen MR) is 75.6 cm³/mol. The van der Waals surface area contributed by atoms with E-state index in [4.69, 9.17) is 5.11 Å². The Hall–Kier alpha value is -1.85. The minimum absolute atomic E-state index is 0.105. The molecule has 3 atom stereocenters. The van der Waals surface area contributed by atoms with Crippen molar-refractivity contribution < 1.29 is 14.7 Å². The second-order valence-electron chi connectivity index (χ2n) is 6.18. The molecule has 1 saturated heterocycles. The lowest BCUT2D eigenvalue weighted by molar-refractivity contribution is -0.141. The summed E-state index contributed by atoms with van der Waals surface area (Å²) >= 11 is 0. The minimum Gasteiger partial charge on any atom is -0.481 e. The van der Waals surface area contributed by atoms with Gasteiger partial charge in [-0.2, -0.15) is 5.10 Å². The molecule has 6 nitrogen and oxygen atoms in total. The molecule has 2 heterocycles. The van der Waals surface area contributed by atoms with Crippen molar-refractivity contribution in [2.45, 2.75) is 38.0 Å². The molecule has 2 aliphatic rings. The molecule has 0 bridgehead atoms. The van der Waals surface area contributed by atoms with Gasteiger partial charge in [0.15, 0.2) is 0 Å². The smallest absolute Gasteiger partial charge is 0.306 e. The van der Waals surface area contributed by atoms with E-state index in [0.717, 1.165) is 31.6 Å². The highest BCUT2D eigenvalue weighted by Crippen LogP contribution is 2.34. The molecule has 0 aromatic carbocycles. The van der Waals surface area contributed by atoms with Crippen molar-refractivity contribution in [3.05, 3.63) is 18.0 Å². The van der Waals surface area contributed by atoms with Crippen LogP contribution in [0.5, 0.6) is 0 Å². The van der Waals surface area contributed by atoms with Crippen LogP contribution in [-0.4, -0.2) is 45.2 Å². The van der Waals surface area contributed by atoms with E-state index in [-0.39, 0.29) is 17.7 Å². The van der Waals surface area contributed by atoms with Crippen LogP contribution in [0.15, 0.2) is 12.3 Å². The summed E-state index contributed by atoms with van der Waals surface area (Å²) in [5.74, 6) is -0.747. The molecule has 1 unspecified atom stereocenters. The Bertz CT molecular complexity index is 514. The van der Waals surface area contributed by atoms with Gasteiger partial charge in [0.1, 0.15) is 0 Å². The van der Waals surface area contributed by atoms with Crippen LogP contribution in [0.3, 0.4) is 0 Å². The number of nitrogens with one attached hydrogen (secondary N) is 1. The topological polar surface area (TPSA) is 86.3 Å². The summed E-state index contributed by atoms with van der Waals surface area (Å²) in [6.07, 6.45) is 5.63. The number of carboxylic acid groups (broad SMARTS) is 1. The molecule has 1 aromatic rings. The van der Waals surface area contributed by atoms with Crippen LogP contribution in [0.25, 0.3) is 0 Å². The van der Waals surface area contributed by atoms with Crippen LogP contribution >= 0.6 is 0 Å². The lowest BCUT2D eigenvalue weighted by atomic mass is 9.93. The number of likely N-dealkylation sites (tertiary alicyclic amines) is 1. The van der Waals surface area contributed by atoms with Crippen LogP contribution in [-0.2, 0) is 9.59 Å². The fraction of sp³-hybridized carbons (Fsp3) is 0.667. The third-order valence-electron chi connectivity index (χ3n) is 4.83. The number of rotatable bonds is 3. The van der Waals surface area contributed by atoms with Crippen molar-refractivity contribution in [2.75, 3.05) is 13.1 Å². The molecule has 2 N–H and O–H groups in total. The maximum Gasteiger partial charge on any atom is 0.306 e. The van der Waals surface area contributed by atoms with Crippen LogP contribution in [0.2, 0.25) is 0 Å². The number of H-pyrrole nitrogens is 1. The van der Waals surface area contributed by atoms with Gasteiger partial charge in [-0.15, -0.1) is 0 Å². The maximum absolute atomic E-state index is 12.6. The van der Waals surface area contributed by atoms with E-state index in [1.54, 1.807) is 6.20 Å². The number of carbonyl (C=O) groups excluding carboxylic acids is 1. The fourth-order valence-electron chi connectivity index (χ4n) is 3.61. The van der Waals surface area contributed by atoms with E-state index in [1.165, 1.54) is 0 Å². The number of aromatic amines is 1. The summed E-state index contributed by atoms with van der Waals surface area (Å²) in [6.45, 7) is 1.51. The largest absolute Gasteiger partial charge is 0.481 e. The maximum atomic E-state index is 12.6. The Morgan fingerprint density at radius 3 is 2.76 bits per heavy atom. The second-order valence-corrected chi connectivity index (χ2v) is 6.18. The molecule has 1 aliphatic carbocycles.